The van der Waals surface area contributed by atoms with Crippen molar-refractivity contribution in [2.24, 2.45) is 5.92 Å². The summed E-state index contributed by atoms with van der Waals surface area (Å²) in [6.07, 6.45) is 7.23. The standard InChI is InChI=1S/C14H28N2/c1-12(2)15(3)11-13-7-6-10-16-9-5-4-8-14(13)16/h12-14H,4-11H2,1-3H3/t13-,14-/m0/s1. The van der Waals surface area contributed by atoms with E-state index < -0.39 is 0 Å². The predicted molar refractivity (Wildman–Crippen MR) is 69.7 cm³/mol. The first-order valence-corrected chi connectivity index (χ1v) is 7.13. The molecule has 2 fully saturated rings. The van der Waals surface area contributed by atoms with Crippen LogP contribution >= 0.6 is 0 Å². The van der Waals surface area contributed by atoms with Crippen LogP contribution in [0.25, 0.3) is 0 Å². The van der Waals surface area contributed by atoms with E-state index in [2.05, 4.69) is 30.7 Å². The lowest BCUT2D eigenvalue weighted by Crippen LogP contribution is -2.51. The number of fused-ring (bicyclic) bond motifs is 1. The molecule has 0 unspecified atom stereocenters. The highest BCUT2D eigenvalue weighted by atomic mass is 15.2. The van der Waals surface area contributed by atoms with Gasteiger partial charge in [-0.2, -0.15) is 0 Å². The van der Waals surface area contributed by atoms with Crippen molar-refractivity contribution in [3.8, 4) is 0 Å². The van der Waals surface area contributed by atoms with Gasteiger partial charge in [0.25, 0.3) is 0 Å². The zero-order chi connectivity index (χ0) is 11.5. The van der Waals surface area contributed by atoms with Crippen molar-refractivity contribution in [3.05, 3.63) is 0 Å². The molecule has 94 valence electrons. The molecule has 2 rings (SSSR count). The molecule has 2 atom stereocenters. The minimum atomic E-state index is 0.693. The highest BCUT2D eigenvalue weighted by Gasteiger charge is 2.33. The van der Waals surface area contributed by atoms with Gasteiger partial charge in [0.1, 0.15) is 0 Å². The monoisotopic (exact) mass is 224 g/mol. The molecule has 0 aliphatic carbocycles. The largest absolute Gasteiger partial charge is 0.304 e. The summed E-state index contributed by atoms with van der Waals surface area (Å²) in [5.74, 6) is 0.932. The second-order valence-corrected chi connectivity index (χ2v) is 6.03. The van der Waals surface area contributed by atoms with Crippen LogP contribution in [0.1, 0.15) is 46.0 Å². The second kappa shape index (κ2) is 5.50. The molecule has 2 aliphatic rings. The van der Waals surface area contributed by atoms with E-state index in [1.54, 1.807) is 0 Å². The van der Waals surface area contributed by atoms with Crippen molar-refractivity contribution >= 4 is 0 Å². The molecule has 0 saturated carbocycles. The summed E-state index contributed by atoms with van der Waals surface area (Å²) in [7, 11) is 2.28. The highest BCUT2D eigenvalue weighted by Crippen LogP contribution is 2.31. The predicted octanol–water partition coefficient (Wildman–Crippen LogP) is 2.59. The fraction of sp³-hybridized carbons (Fsp3) is 1.00. The summed E-state index contributed by atoms with van der Waals surface area (Å²) in [5.41, 5.74) is 0. The number of piperidine rings is 2. The Labute approximate surface area is 101 Å². The maximum Gasteiger partial charge on any atom is 0.0136 e. The summed E-state index contributed by atoms with van der Waals surface area (Å²) in [5, 5.41) is 0. The van der Waals surface area contributed by atoms with Gasteiger partial charge in [-0.15, -0.1) is 0 Å². The molecule has 0 aromatic rings. The Balaban J connectivity index is 1.92. The normalized spacial score (nSPS) is 32.1. The Kier molecular flexibility index (Phi) is 4.26. The molecule has 0 aromatic carbocycles. The molecule has 0 spiro atoms. The SMILES string of the molecule is CC(C)N(C)C[C@@H]1CCCN2CCCC[C@@H]12. The third kappa shape index (κ3) is 2.78. The quantitative estimate of drug-likeness (QED) is 0.727. The molecular weight excluding hydrogens is 196 g/mol. The van der Waals surface area contributed by atoms with Crippen molar-refractivity contribution in [1.82, 2.24) is 9.80 Å². The van der Waals surface area contributed by atoms with Crippen LogP contribution in [0.5, 0.6) is 0 Å². The Morgan fingerprint density at radius 3 is 2.62 bits per heavy atom. The van der Waals surface area contributed by atoms with Crippen molar-refractivity contribution in [2.75, 3.05) is 26.7 Å². The molecule has 2 heterocycles. The van der Waals surface area contributed by atoms with Gasteiger partial charge in [0.15, 0.2) is 0 Å². The van der Waals surface area contributed by atoms with Crippen LogP contribution in [-0.2, 0) is 0 Å². The van der Waals surface area contributed by atoms with E-state index in [9.17, 15) is 0 Å². The fourth-order valence-corrected chi connectivity index (χ4v) is 3.37. The van der Waals surface area contributed by atoms with E-state index >= 15 is 0 Å². The molecule has 2 heteroatoms. The first-order valence-electron chi connectivity index (χ1n) is 7.13. The van der Waals surface area contributed by atoms with E-state index in [4.69, 9.17) is 0 Å². The van der Waals surface area contributed by atoms with Crippen molar-refractivity contribution in [3.63, 3.8) is 0 Å². The molecule has 0 amide bonds. The van der Waals surface area contributed by atoms with E-state index in [-0.39, 0.29) is 0 Å². The van der Waals surface area contributed by atoms with Crippen LogP contribution in [0, 0.1) is 5.92 Å². The molecule has 0 radical (unpaired) electrons. The van der Waals surface area contributed by atoms with E-state index in [0.29, 0.717) is 6.04 Å². The van der Waals surface area contributed by atoms with Crippen LogP contribution in [0.15, 0.2) is 0 Å². The number of hydrogen-bond donors (Lipinski definition) is 0. The van der Waals surface area contributed by atoms with Gasteiger partial charge in [-0.3, -0.25) is 0 Å². The fourth-order valence-electron chi connectivity index (χ4n) is 3.37. The van der Waals surface area contributed by atoms with Crippen molar-refractivity contribution in [1.29, 1.82) is 0 Å². The lowest BCUT2D eigenvalue weighted by Gasteiger charge is -2.45. The highest BCUT2D eigenvalue weighted by molar-refractivity contribution is 4.88. The second-order valence-electron chi connectivity index (χ2n) is 6.03. The minimum Gasteiger partial charge on any atom is -0.304 e. The van der Waals surface area contributed by atoms with Gasteiger partial charge in [-0.1, -0.05) is 6.42 Å². The summed E-state index contributed by atoms with van der Waals surface area (Å²) in [4.78, 5) is 5.30. The van der Waals surface area contributed by atoms with E-state index in [0.717, 1.165) is 12.0 Å². The topological polar surface area (TPSA) is 6.48 Å². The number of hydrogen-bond acceptors (Lipinski definition) is 2. The van der Waals surface area contributed by atoms with Gasteiger partial charge in [0.05, 0.1) is 0 Å². The van der Waals surface area contributed by atoms with Gasteiger partial charge in [-0.25, -0.2) is 0 Å². The Bertz CT molecular complexity index is 213. The zero-order valence-corrected chi connectivity index (χ0v) is 11.3. The maximum atomic E-state index is 2.77. The Hall–Kier alpha value is -0.0800. The summed E-state index contributed by atoms with van der Waals surface area (Å²) in [6, 6.07) is 1.60. The van der Waals surface area contributed by atoms with Crippen molar-refractivity contribution < 1.29 is 0 Å². The van der Waals surface area contributed by atoms with Crippen LogP contribution in [0.3, 0.4) is 0 Å². The Morgan fingerprint density at radius 2 is 1.88 bits per heavy atom. The van der Waals surface area contributed by atoms with Gasteiger partial charge < -0.3 is 9.80 Å². The molecule has 0 aromatic heterocycles. The summed E-state index contributed by atoms with van der Waals surface area (Å²) < 4.78 is 0. The first-order chi connectivity index (χ1) is 7.68. The third-order valence-corrected chi connectivity index (χ3v) is 4.63. The smallest absolute Gasteiger partial charge is 0.0136 e. The average molecular weight is 224 g/mol. The van der Waals surface area contributed by atoms with E-state index in [1.165, 1.54) is 51.7 Å². The summed E-state index contributed by atoms with van der Waals surface area (Å²) >= 11 is 0. The third-order valence-electron chi connectivity index (χ3n) is 4.63. The maximum absolute atomic E-state index is 2.77. The number of nitrogens with zero attached hydrogens (tertiary/aromatic N) is 2. The zero-order valence-electron chi connectivity index (χ0n) is 11.3. The van der Waals surface area contributed by atoms with Crippen LogP contribution in [0.4, 0.5) is 0 Å². The first kappa shape index (κ1) is 12.4. The molecule has 16 heavy (non-hydrogen) atoms. The molecule has 0 bridgehead atoms. The van der Waals surface area contributed by atoms with Crippen LogP contribution in [0.2, 0.25) is 0 Å². The molecule has 2 saturated heterocycles. The van der Waals surface area contributed by atoms with Crippen LogP contribution in [-0.4, -0.2) is 48.6 Å². The minimum absolute atomic E-state index is 0.693. The molecular formula is C14H28N2. The summed E-state index contributed by atoms with van der Waals surface area (Å²) in [6.45, 7) is 8.65. The van der Waals surface area contributed by atoms with Gasteiger partial charge >= 0.3 is 0 Å². The van der Waals surface area contributed by atoms with Gasteiger partial charge in [0.2, 0.25) is 0 Å². The van der Waals surface area contributed by atoms with Crippen molar-refractivity contribution in [2.45, 2.75) is 58.0 Å². The molecule has 2 aliphatic heterocycles. The lowest BCUT2D eigenvalue weighted by atomic mass is 9.83. The van der Waals surface area contributed by atoms with Gasteiger partial charge in [0, 0.05) is 18.6 Å². The van der Waals surface area contributed by atoms with Gasteiger partial charge in [-0.05, 0) is 65.6 Å². The molecule has 0 N–H and O–H groups in total. The average Bonchev–Trinajstić information content (AvgIpc) is 2.29. The van der Waals surface area contributed by atoms with E-state index in [1.807, 2.05) is 0 Å². The van der Waals surface area contributed by atoms with Crippen LogP contribution < -0.4 is 0 Å². The molecule has 2 nitrogen and oxygen atoms in total. The number of rotatable bonds is 3. The Morgan fingerprint density at radius 1 is 1.12 bits per heavy atom. The lowest BCUT2D eigenvalue weighted by molar-refractivity contribution is 0.0402.